The Morgan fingerprint density at radius 3 is 2.72 bits per heavy atom. The van der Waals surface area contributed by atoms with Crippen molar-refractivity contribution in [3.05, 3.63) is 29.8 Å². The highest BCUT2D eigenvalue weighted by Crippen LogP contribution is 2.20. The second-order valence-corrected chi connectivity index (χ2v) is 4.80. The second kappa shape index (κ2) is 4.99. The lowest BCUT2D eigenvalue weighted by Gasteiger charge is -2.14. The number of rotatable bonds is 3. The molecule has 1 heterocycles. The van der Waals surface area contributed by atoms with Crippen molar-refractivity contribution in [3.63, 3.8) is 0 Å². The van der Waals surface area contributed by atoms with Crippen molar-refractivity contribution >= 4 is 22.0 Å². The van der Waals surface area contributed by atoms with Crippen LogP contribution < -0.4 is 0 Å². The third-order valence-corrected chi connectivity index (χ3v) is 3.34. The fraction of sp³-hybridized carbons (Fsp3) is 0.200. The van der Waals surface area contributed by atoms with Crippen LogP contribution in [0.1, 0.15) is 5.56 Å². The van der Waals surface area contributed by atoms with Gasteiger partial charge in [0.15, 0.2) is 6.61 Å². The minimum Gasteiger partial charge on any atom is -0.471 e. The molecule has 0 N–H and O–H groups in total. The van der Waals surface area contributed by atoms with Gasteiger partial charge in [-0.1, -0.05) is 16.5 Å². The van der Waals surface area contributed by atoms with E-state index >= 15 is 0 Å². The van der Waals surface area contributed by atoms with Crippen molar-refractivity contribution in [2.24, 2.45) is 9.55 Å². The Morgan fingerprint density at radius 1 is 1.28 bits per heavy atom. The van der Waals surface area contributed by atoms with E-state index in [2.05, 4.69) is 9.55 Å². The smallest absolute Gasteiger partial charge is 0.293 e. The summed E-state index contributed by atoms with van der Waals surface area (Å²) in [5.41, 5.74) is 0.191. The maximum Gasteiger partial charge on any atom is 0.293 e. The zero-order valence-electron chi connectivity index (χ0n) is 9.07. The molecular formula is C10H8N2O5S. The number of nitrogens with zero attached hydrogens (tertiary/aromatic N) is 2. The van der Waals surface area contributed by atoms with E-state index in [1.165, 1.54) is 18.2 Å². The Bertz CT molecular complexity index is 631. The molecule has 1 aliphatic rings. The number of ether oxygens (including phenoxy) is 1. The number of benzene rings is 1. The first-order chi connectivity index (χ1) is 8.65. The lowest BCUT2D eigenvalue weighted by Crippen LogP contribution is -2.19. The van der Waals surface area contributed by atoms with Crippen molar-refractivity contribution in [1.29, 1.82) is 0 Å². The lowest BCUT2D eigenvalue weighted by molar-refractivity contribution is 0.0653. The Hall–Kier alpha value is -2.18. The van der Waals surface area contributed by atoms with E-state index in [1.54, 1.807) is 6.07 Å². The van der Waals surface area contributed by atoms with Crippen LogP contribution in [0.2, 0.25) is 0 Å². The third-order valence-electron chi connectivity index (χ3n) is 2.11. The summed E-state index contributed by atoms with van der Waals surface area (Å²) >= 11 is 0. The third kappa shape index (κ3) is 2.39. The van der Waals surface area contributed by atoms with Crippen LogP contribution in [0.3, 0.4) is 0 Å². The molecule has 0 saturated heterocycles. The van der Waals surface area contributed by atoms with Crippen LogP contribution in [0, 0.1) is 0 Å². The van der Waals surface area contributed by atoms with Crippen LogP contribution in [0.5, 0.6) is 0 Å². The Kier molecular flexibility index (Phi) is 3.40. The Labute approximate surface area is 103 Å². The van der Waals surface area contributed by atoms with Crippen molar-refractivity contribution in [2.75, 3.05) is 13.2 Å². The van der Waals surface area contributed by atoms with Gasteiger partial charge >= 0.3 is 0 Å². The summed E-state index contributed by atoms with van der Waals surface area (Å²) in [5, 5.41) is 3.62. The molecule has 2 rings (SSSR count). The molecule has 0 saturated carbocycles. The summed E-state index contributed by atoms with van der Waals surface area (Å²) in [6.45, 7) is 0.565. The van der Waals surface area contributed by atoms with Gasteiger partial charge in [0.05, 0.1) is 5.56 Å². The largest absolute Gasteiger partial charge is 0.471 e. The fourth-order valence-electron chi connectivity index (χ4n) is 1.40. The molecule has 0 atom stereocenters. The van der Waals surface area contributed by atoms with Crippen LogP contribution in [-0.4, -0.2) is 33.6 Å². The highest BCUT2D eigenvalue weighted by Gasteiger charge is 2.23. The van der Waals surface area contributed by atoms with Crippen molar-refractivity contribution in [3.8, 4) is 0 Å². The van der Waals surface area contributed by atoms with Crippen LogP contribution in [0.4, 0.5) is 0 Å². The molecule has 0 spiro atoms. The topological polar surface area (TPSA) is 94.4 Å². The predicted octanol–water partition coefficient (Wildman–Crippen LogP) is 0.420. The van der Waals surface area contributed by atoms with E-state index in [0.29, 0.717) is 6.61 Å². The summed E-state index contributed by atoms with van der Waals surface area (Å²) in [6.07, 6.45) is 1.01. The van der Waals surface area contributed by atoms with Gasteiger partial charge in [-0.3, -0.25) is 0 Å². The predicted molar refractivity (Wildman–Crippen MR) is 60.2 cm³/mol. The van der Waals surface area contributed by atoms with Gasteiger partial charge in [0.1, 0.15) is 11.5 Å². The van der Waals surface area contributed by atoms with Gasteiger partial charge in [0.2, 0.25) is 0 Å². The maximum atomic E-state index is 11.7. The van der Waals surface area contributed by atoms with Crippen LogP contribution in [0.25, 0.3) is 0 Å². The molecule has 0 fully saturated rings. The number of oxime groups is 1. The minimum absolute atomic E-state index is 0.0431. The van der Waals surface area contributed by atoms with Gasteiger partial charge in [0, 0.05) is 0 Å². The van der Waals surface area contributed by atoms with E-state index in [0.717, 1.165) is 6.08 Å². The summed E-state index contributed by atoms with van der Waals surface area (Å²) in [4.78, 5) is 14.8. The summed E-state index contributed by atoms with van der Waals surface area (Å²) < 4.78 is 31.4. The molecule has 94 valence electrons. The quantitative estimate of drug-likeness (QED) is 0.585. The molecule has 0 amide bonds. The zero-order valence-corrected chi connectivity index (χ0v) is 9.88. The molecule has 0 radical (unpaired) electrons. The highest BCUT2D eigenvalue weighted by molar-refractivity contribution is 7.90. The van der Waals surface area contributed by atoms with Gasteiger partial charge in [-0.05, 0) is 17.3 Å². The Balaban J connectivity index is 2.56. The summed E-state index contributed by atoms with van der Waals surface area (Å²) in [5.74, 6) is 0.0431. The molecule has 1 aromatic carbocycles. The molecule has 0 bridgehead atoms. The lowest BCUT2D eigenvalue weighted by atomic mass is 10.2. The number of carbonyl (C=O) groups excluding carboxylic acids is 1. The van der Waals surface area contributed by atoms with Gasteiger partial charge in [0.25, 0.3) is 22.0 Å². The second-order valence-electron chi connectivity index (χ2n) is 3.23. The van der Waals surface area contributed by atoms with Gasteiger partial charge < -0.3 is 9.57 Å². The number of hydrogen-bond donors (Lipinski definition) is 0. The number of hydrogen-bond acceptors (Lipinski definition) is 6. The number of isocyanates is 1. The molecule has 8 heteroatoms. The summed E-state index contributed by atoms with van der Waals surface area (Å²) in [6, 6.07) is 5.90. The van der Waals surface area contributed by atoms with Crippen molar-refractivity contribution in [1.82, 2.24) is 0 Å². The maximum absolute atomic E-state index is 11.7. The average molecular weight is 268 g/mol. The van der Waals surface area contributed by atoms with Crippen molar-refractivity contribution in [2.45, 2.75) is 4.90 Å². The van der Waals surface area contributed by atoms with Crippen LogP contribution >= 0.6 is 0 Å². The van der Waals surface area contributed by atoms with E-state index in [1.807, 2.05) is 0 Å². The Morgan fingerprint density at radius 2 is 2.06 bits per heavy atom. The molecule has 1 aliphatic heterocycles. The van der Waals surface area contributed by atoms with Gasteiger partial charge in [-0.2, -0.15) is 8.42 Å². The van der Waals surface area contributed by atoms with E-state index in [9.17, 15) is 13.2 Å². The monoisotopic (exact) mass is 268 g/mol. The molecular weight excluding hydrogens is 260 g/mol. The van der Waals surface area contributed by atoms with Crippen LogP contribution in [0.15, 0.2) is 38.7 Å². The molecule has 18 heavy (non-hydrogen) atoms. The molecule has 0 aliphatic carbocycles. The molecule has 1 aromatic rings. The normalized spacial score (nSPS) is 14.8. The zero-order chi connectivity index (χ0) is 13.0. The molecule has 0 unspecified atom stereocenters. The molecule has 7 nitrogen and oxygen atoms in total. The first-order valence-electron chi connectivity index (χ1n) is 4.91. The first-order valence-corrected chi connectivity index (χ1v) is 6.35. The average Bonchev–Trinajstić information content (AvgIpc) is 2.40. The van der Waals surface area contributed by atoms with E-state index in [4.69, 9.17) is 9.57 Å². The van der Waals surface area contributed by atoms with Crippen molar-refractivity contribution < 1.29 is 22.8 Å². The van der Waals surface area contributed by atoms with Gasteiger partial charge in [-0.25, -0.2) is 4.79 Å². The molecule has 0 aromatic heterocycles. The fourth-order valence-corrected chi connectivity index (χ4v) is 2.28. The van der Waals surface area contributed by atoms with Crippen LogP contribution in [-0.2, 0) is 24.4 Å². The standard InChI is InChI=1S/C10H8N2O5S/c13-7-11-18(14,15)9-4-2-1-3-8(9)10-12-17-6-5-16-10/h1-4H,5-6H2. The first kappa shape index (κ1) is 12.3. The summed E-state index contributed by atoms with van der Waals surface area (Å²) in [7, 11) is -4.11. The SMILES string of the molecule is O=C=NS(=O)(=O)c1ccccc1C1=NOCCO1. The van der Waals surface area contributed by atoms with E-state index in [-0.39, 0.29) is 23.0 Å². The van der Waals surface area contributed by atoms with E-state index < -0.39 is 10.0 Å². The minimum atomic E-state index is -4.11. The number of sulfonamides is 1. The van der Waals surface area contributed by atoms with Gasteiger partial charge in [-0.15, -0.1) is 0 Å². The highest BCUT2D eigenvalue weighted by atomic mass is 32.2.